The lowest BCUT2D eigenvalue weighted by Gasteiger charge is -2.39. The first-order valence-corrected chi connectivity index (χ1v) is 13.6. The predicted molar refractivity (Wildman–Crippen MR) is 146 cm³/mol. The van der Waals surface area contributed by atoms with E-state index in [2.05, 4.69) is 83.4 Å². The highest BCUT2D eigenvalue weighted by atomic mass is 16.3. The summed E-state index contributed by atoms with van der Waals surface area (Å²) in [4.78, 5) is 27.5. The molecular weight excluding hydrogens is 462 g/mol. The van der Waals surface area contributed by atoms with Crippen LogP contribution in [0.25, 0.3) is 10.8 Å². The number of piperazine rings is 1. The highest BCUT2D eigenvalue weighted by molar-refractivity contribution is 5.88. The highest BCUT2D eigenvalue weighted by Gasteiger charge is 2.41. The monoisotopic (exact) mass is 499 g/mol. The molecule has 3 aliphatic rings. The van der Waals surface area contributed by atoms with Gasteiger partial charge >= 0.3 is 0 Å². The van der Waals surface area contributed by atoms with Crippen LogP contribution in [0.4, 0.5) is 5.82 Å². The summed E-state index contributed by atoms with van der Waals surface area (Å²) in [6.07, 6.45) is 3.80. The Morgan fingerprint density at radius 3 is 2.57 bits per heavy atom. The van der Waals surface area contributed by atoms with Crippen LogP contribution in [0.1, 0.15) is 74.8 Å². The molecule has 6 rings (SSSR count). The van der Waals surface area contributed by atoms with E-state index in [9.17, 15) is 9.90 Å². The number of carbonyl (C=O) groups is 1. The van der Waals surface area contributed by atoms with Crippen LogP contribution in [0.2, 0.25) is 0 Å². The number of hydrogen-bond donors (Lipinski definition) is 2. The zero-order chi connectivity index (χ0) is 25.7. The van der Waals surface area contributed by atoms with Gasteiger partial charge in [-0.3, -0.25) is 4.79 Å². The Morgan fingerprint density at radius 2 is 1.84 bits per heavy atom. The van der Waals surface area contributed by atoms with Crippen molar-refractivity contribution in [2.75, 3.05) is 31.1 Å². The average molecular weight is 500 g/mol. The molecule has 2 N–H and O–H groups in total. The number of aliphatic hydroxyl groups is 1. The average Bonchev–Trinajstić information content (AvgIpc) is 3.41. The van der Waals surface area contributed by atoms with E-state index >= 15 is 0 Å². The van der Waals surface area contributed by atoms with Gasteiger partial charge in [0.15, 0.2) is 0 Å². The summed E-state index contributed by atoms with van der Waals surface area (Å²) >= 11 is 0. The molecule has 2 aliphatic heterocycles. The van der Waals surface area contributed by atoms with Crippen molar-refractivity contribution in [2.24, 2.45) is 0 Å². The van der Waals surface area contributed by atoms with Crippen LogP contribution in [0, 0.1) is 0 Å². The van der Waals surface area contributed by atoms with Gasteiger partial charge in [0.1, 0.15) is 12.1 Å². The number of nitrogens with zero attached hydrogens (tertiary/aromatic N) is 4. The van der Waals surface area contributed by atoms with Gasteiger partial charge in [-0.05, 0) is 55.4 Å². The third-order valence-electron chi connectivity index (χ3n) is 8.63. The molecular formula is C30H37N5O2. The fourth-order valence-corrected chi connectivity index (χ4v) is 6.65. The summed E-state index contributed by atoms with van der Waals surface area (Å²) in [6, 6.07) is 15.0. The SMILES string of the molecule is C[C@@H]1C[C@@H](O)c2ncnc(N3CCN(C(=O)[C@@H](c4ccc5ccccc5c4)[C@@H]4CCC(C)(C)N4)CC3)c21. The standard InChI is InChI=1S/C30H37N5O2/c1-19-16-24(36)27-25(19)28(32-18-31-27)34-12-14-35(15-13-34)29(37)26(23-10-11-30(2,3)33-23)22-9-8-20-6-4-5-7-21(20)17-22/h4-9,17-19,23-24,26,33,36H,10-16H2,1-3H3/t19-,23+,24-,26+/m1/s1. The Morgan fingerprint density at radius 1 is 1.08 bits per heavy atom. The number of aliphatic hydroxyl groups excluding tert-OH is 1. The molecule has 3 aromatic rings. The molecule has 2 fully saturated rings. The molecule has 194 valence electrons. The number of carbonyl (C=O) groups excluding carboxylic acids is 1. The minimum atomic E-state index is -0.513. The molecule has 7 nitrogen and oxygen atoms in total. The number of rotatable bonds is 4. The molecule has 1 aromatic heterocycles. The van der Waals surface area contributed by atoms with Crippen molar-refractivity contribution in [1.29, 1.82) is 0 Å². The minimum Gasteiger partial charge on any atom is -0.387 e. The maximum Gasteiger partial charge on any atom is 0.231 e. The molecule has 4 atom stereocenters. The predicted octanol–water partition coefficient (Wildman–Crippen LogP) is 4.13. The highest BCUT2D eigenvalue weighted by Crippen LogP contribution is 2.43. The van der Waals surface area contributed by atoms with Crippen molar-refractivity contribution in [3.63, 3.8) is 0 Å². The maximum atomic E-state index is 14.2. The molecule has 3 heterocycles. The molecule has 0 bridgehead atoms. The Bertz CT molecular complexity index is 1320. The van der Waals surface area contributed by atoms with Crippen molar-refractivity contribution in [3.05, 3.63) is 65.6 Å². The lowest BCUT2D eigenvalue weighted by atomic mass is 9.87. The van der Waals surface area contributed by atoms with Gasteiger partial charge in [0.2, 0.25) is 5.91 Å². The van der Waals surface area contributed by atoms with Gasteiger partial charge < -0.3 is 20.2 Å². The molecule has 0 radical (unpaired) electrons. The second-order valence-corrected chi connectivity index (χ2v) is 11.7. The van der Waals surface area contributed by atoms with Crippen LogP contribution in [0.15, 0.2) is 48.8 Å². The van der Waals surface area contributed by atoms with Crippen molar-refractivity contribution in [3.8, 4) is 0 Å². The molecule has 2 saturated heterocycles. The lowest BCUT2D eigenvalue weighted by molar-refractivity contribution is -0.133. The molecule has 1 aliphatic carbocycles. The third-order valence-corrected chi connectivity index (χ3v) is 8.63. The van der Waals surface area contributed by atoms with Crippen molar-refractivity contribution in [1.82, 2.24) is 20.2 Å². The van der Waals surface area contributed by atoms with E-state index in [0.29, 0.717) is 19.5 Å². The van der Waals surface area contributed by atoms with Crippen LogP contribution in [-0.2, 0) is 4.79 Å². The van der Waals surface area contributed by atoms with Crippen LogP contribution in [0.5, 0.6) is 0 Å². The lowest BCUT2D eigenvalue weighted by Crippen LogP contribution is -2.53. The van der Waals surface area contributed by atoms with Gasteiger partial charge in [0.05, 0.1) is 17.7 Å². The van der Waals surface area contributed by atoms with Gasteiger partial charge in [0.25, 0.3) is 0 Å². The van der Waals surface area contributed by atoms with E-state index in [1.807, 2.05) is 4.90 Å². The summed E-state index contributed by atoms with van der Waals surface area (Å²) < 4.78 is 0. The van der Waals surface area contributed by atoms with Crippen molar-refractivity contribution < 1.29 is 9.90 Å². The third kappa shape index (κ3) is 4.48. The largest absolute Gasteiger partial charge is 0.387 e. The molecule has 2 aromatic carbocycles. The number of amides is 1. The van der Waals surface area contributed by atoms with Gasteiger partial charge in [-0.25, -0.2) is 9.97 Å². The molecule has 1 amide bonds. The van der Waals surface area contributed by atoms with Gasteiger partial charge in [-0.2, -0.15) is 0 Å². The van der Waals surface area contributed by atoms with Gasteiger partial charge in [-0.15, -0.1) is 0 Å². The fraction of sp³-hybridized carbons (Fsp3) is 0.500. The van der Waals surface area contributed by atoms with Crippen molar-refractivity contribution in [2.45, 2.75) is 69.6 Å². The summed E-state index contributed by atoms with van der Waals surface area (Å²) in [6.45, 7) is 9.37. The molecule has 0 unspecified atom stereocenters. The number of aromatic nitrogens is 2. The number of nitrogens with one attached hydrogen (secondary N) is 1. The van der Waals surface area contributed by atoms with E-state index in [4.69, 9.17) is 0 Å². The van der Waals surface area contributed by atoms with Crippen LogP contribution >= 0.6 is 0 Å². The summed E-state index contributed by atoms with van der Waals surface area (Å²) in [5.41, 5.74) is 2.97. The quantitative estimate of drug-likeness (QED) is 0.562. The van der Waals surface area contributed by atoms with Crippen LogP contribution in [-0.4, -0.2) is 63.6 Å². The normalized spacial score (nSPS) is 25.9. The second-order valence-electron chi connectivity index (χ2n) is 11.7. The number of fused-ring (bicyclic) bond motifs is 2. The van der Waals surface area contributed by atoms with E-state index in [1.165, 1.54) is 10.8 Å². The first kappa shape index (κ1) is 24.3. The van der Waals surface area contributed by atoms with Crippen LogP contribution in [0.3, 0.4) is 0 Å². The van der Waals surface area contributed by atoms with E-state index < -0.39 is 6.10 Å². The summed E-state index contributed by atoms with van der Waals surface area (Å²) in [5.74, 6) is 1.15. The first-order valence-electron chi connectivity index (χ1n) is 13.6. The second kappa shape index (κ2) is 9.37. The van der Waals surface area contributed by atoms with E-state index in [0.717, 1.165) is 48.6 Å². The van der Waals surface area contributed by atoms with E-state index in [-0.39, 0.29) is 29.3 Å². The minimum absolute atomic E-state index is 0.0351. The van der Waals surface area contributed by atoms with E-state index in [1.54, 1.807) is 6.33 Å². The Balaban J connectivity index is 1.24. The molecule has 37 heavy (non-hydrogen) atoms. The number of benzene rings is 2. The van der Waals surface area contributed by atoms with Gasteiger partial charge in [0, 0.05) is 43.3 Å². The summed E-state index contributed by atoms with van der Waals surface area (Å²) in [5, 5.41) is 16.5. The Hall–Kier alpha value is -3.03. The van der Waals surface area contributed by atoms with Crippen molar-refractivity contribution >= 4 is 22.5 Å². The topological polar surface area (TPSA) is 81.6 Å². The molecule has 0 saturated carbocycles. The molecule has 7 heteroatoms. The fourth-order valence-electron chi connectivity index (χ4n) is 6.65. The number of hydrogen-bond acceptors (Lipinski definition) is 6. The zero-order valence-electron chi connectivity index (χ0n) is 22.0. The van der Waals surface area contributed by atoms with Gasteiger partial charge in [-0.1, -0.05) is 49.4 Å². The Labute approximate surface area is 218 Å². The van der Waals surface area contributed by atoms with Crippen LogP contribution < -0.4 is 10.2 Å². The summed E-state index contributed by atoms with van der Waals surface area (Å²) in [7, 11) is 0. The first-order chi connectivity index (χ1) is 17.8. The zero-order valence-corrected chi connectivity index (χ0v) is 22.0. The molecule has 0 spiro atoms. The smallest absolute Gasteiger partial charge is 0.231 e. The Kier molecular flexibility index (Phi) is 6.16. The number of anilines is 1. The maximum absolute atomic E-state index is 14.2.